The Hall–Kier alpha value is -2.95. The molecule has 3 nitrogen and oxygen atoms in total. The van der Waals surface area contributed by atoms with E-state index in [9.17, 15) is 8.78 Å². The van der Waals surface area contributed by atoms with Crippen molar-refractivity contribution in [3.8, 4) is 0 Å². The first kappa shape index (κ1) is 14.6. The second-order valence-corrected chi connectivity index (χ2v) is 5.86. The maximum atomic E-state index is 13.7. The van der Waals surface area contributed by atoms with Crippen molar-refractivity contribution in [3.05, 3.63) is 66.4 Å². The van der Waals surface area contributed by atoms with Crippen LogP contribution >= 0.6 is 0 Å². The van der Waals surface area contributed by atoms with Crippen LogP contribution in [-0.4, -0.2) is 9.97 Å². The van der Waals surface area contributed by atoms with E-state index in [1.54, 1.807) is 24.3 Å². The molecule has 0 amide bonds. The lowest BCUT2D eigenvalue weighted by Crippen LogP contribution is -2.08. The molecular formula is C19H15F2N3. The average Bonchev–Trinajstić information content (AvgIpc) is 3.01. The third-order valence-electron chi connectivity index (χ3n) is 4.03. The van der Waals surface area contributed by atoms with Crippen LogP contribution in [0, 0.1) is 0 Å². The lowest BCUT2D eigenvalue weighted by atomic mass is 10.0. The molecule has 24 heavy (non-hydrogen) atoms. The van der Waals surface area contributed by atoms with Crippen LogP contribution in [0.4, 0.5) is 20.3 Å². The number of benzene rings is 2. The van der Waals surface area contributed by atoms with Crippen molar-refractivity contribution in [2.75, 3.05) is 5.32 Å². The van der Waals surface area contributed by atoms with E-state index in [0.717, 1.165) is 23.5 Å². The van der Waals surface area contributed by atoms with Crippen molar-refractivity contribution in [2.24, 2.45) is 0 Å². The molecule has 0 saturated carbocycles. The summed E-state index contributed by atoms with van der Waals surface area (Å²) in [5, 5.41) is 4.81. The minimum absolute atomic E-state index is 0.00754. The van der Waals surface area contributed by atoms with Gasteiger partial charge in [-0.25, -0.2) is 13.8 Å². The van der Waals surface area contributed by atoms with Crippen molar-refractivity contribution in [1.29, 1.82) is 0 Å². The van der Waals surface area contributed by atoms with E-state index in [-0.39, 0.29) is 5.56 Å². The van der Waals surface area contributed by atoms with E-state index >= 15 is 0 Å². The molecule has 0 aliphatic heterocycles. The zero-order chi connectivity index (χ0) is 16.7. The Morgan fingerprint density at radius 3 is 2.75 bits per heavy atom. The molecule has 5 heteroatoms. The number of hydrogen-bond donors (Lipinski definition) is 2. The maximum absolute atomic E-state index is 13.7. The summed E-state index contributed by atoms with van der Waals surface area (Å²) >= 11 is 0. The molecule has 2 N–H and O–H groups in total. The first-order chi connectivity index (χ1) is 11.5. The van der Waals surface area contributed by atoms with Crippen LogP contribution in [0.5, 0.6) is 0 Å². The Morgan fingerprint density at radius 2 is 1.92 bits per heavy atom. The molecule has 0 spiro atoms. The number of anilines is 2. The quantitative estimate of drug-likeness (QED) is 0.517. The Bertz CT molecular complexity index is 1030. The Balaban J connectivity index is 1.72. The second kappa shape index (κ2) is 5.30. The van der Waals surface area contributed by atoms with E-state index in [0.29, 0.717) is 16.7 Å². The van der Waals surface area contributed by atoms with E-state index < -0.39 is 5.92 Å². The number of H-pyrrole nitrogens is 1. The Labute approximate surface area is 137 Å². The molecule has 2 aromatic carbocycles. The highest BCUT2D eigenvalue weighted by Crippen LogP contribution is 2.33. The molecule has 0 saturated heterocycles. The average molecular weight is 323 g/mol. The summed E-state index contributed by atoms with van der Waals surface area (Å²) in [5.41, 5.74) is 2.44. The fourth-order valence-corrected chi connectivity index (χ4v) is 2.88. The number of nitrogens with one attached hydrogen (secondary N) is 2. The second-order valence-electron chi connectivity index (χ2n) is 5.86. The highest BCUT2D eigenvalue weighted by atomic mass is 19.3. The molecule has 2 aromatic heterocycles. The Morgan fingerprint density at radius 1 is 1.04 bits per heavy atom. The molecule has 0 atom stereocenters. The molecule has 4 rings (SSSR count). The number of fused-ring (bicyclic) bond motifs is 2. The van der Waals surface area contributed by atoms with Crippen LogP contribution in [0.1, 0.15) is 12.5 Å². The molecule has 0 bridgehead atoms. The normalized spacial score (nSPS) is 12.0. The van der Waals surface area contributed by atoms with E-state index in [1.807, 2.05) is 30.5 Å². The molecule has 0 aliphatic rings. The highest BCUT2D eigenvalue weighted by Gasteiger charge is 2.26. The van der Waals surface area contributed by atoms with Gasteiger partial charge in [-0.15, -0.1) is 0 Å². The largest absolute Gasteiger partial charge is 0.361 e. The van der Waals surface area contributed by atoms with E-state index in [1.165, 1.54) is 6.07 Å². The third-order valence-corrected chi connectivity index (χ3v) is 4.03. The van der Waals surface area contributed by atoms with Crippen LogP contribution in [-0.2, 0) is 5.92 Å². The number of pyridine rings is 1. The number of aromatic nitrogens is 2. The number of rotatable bonds is 3. The smallest absolute Gasteiger partial charge is 0.271 e. The standard InChI is InChI=1S/C19H15F2N3/c1-19(20,21)15-3-2-4-16-14(15)7-8-18(24-16)23-13-6-5-12-9-10-22-17(12)11-13/h2-11,22H,1H3,(H,23,24). The zero-order valence-electron chi connectivity index (χ0n) is 13.0. The first-order valence-corrected chi connectivity index (χ1v) is 7.63. The lowest BCUT2D eigenvalue weighted by molar-refractivity contribution is 0.0191. The summed E-state index contributed by atoms with van der Waals surface area (Å²) in [4.78, 5) is 7.61. The van der Waals surface area contributed by atoms with Crippen LogP contribution in [0.25, 0.3) is 21.8 Å². The SMILES string of the molecule is CC(F)(F)c1cccc2nc(Nc3ccc4cc[nH]c4c3)ccc12. The maximum Gasteiger partial charge on any atom is 0.271 e. The predicted octanol–water partition coefficient (Wildman–Crippen LogP) is 5.57. The van der Waals surface area contributed by atoms with Crippen LogP contribution in [0.2, 0.25) is 0 Å². The van der Waals surface area contributed by atoms with E-state index in [4.69, 9.17) is 0 Å². The summed E-state index contributed by atoms with van der Waals surface area (Å²) in [5.74, 6) is -2.28. The predicted molar refractivity (Wildman–Crippen MR) is 92.9 cm³/mol. The van der Waals surface area contributed by atoms with Gasteiger partial charge in [-0.3, -0.25) is 0 Å². The summed E-state index contributed by atoms with van der Waals surface area (Å²) < 4.78 is 27.4. The minimum Gasteiger partial charge on any atom is -0.361 e. The molecule has 0 radical (unpaired) electrons. The van der Waals surface area contributed by atoms with Crippen molar-refractivity contribution in [1.82, 2.24) is 9.97 Å². The molecule has 2 heterocycles. The van der Waals surface area contributed by atoms with Gasteiger partial charge in [0.15, 0.2) is 0 Å². The number of halogens is 2. The summed E-state index contributed by atoms with van der Waals surface area (Å²) in [7, 11) is 0. The number of aromatic amines is 1. The zero-order valence-corrected chi connectivity index (χ0v) is 13.0. The Kier molecular flexibility index (Phi) is 3.23. The van der Waals surface area contributed by atoms with Gasteiger partial charge in [0.05, 0.1) is 5.52 Å². The van der Waals surface area contributed by atoms with Gasteiger partial charge in [0.1, 0.15) is 5.82 Å². The van der Waals surface area contributed by atoms with Crippen molar-refractivity contribution >= 4 is 33.3 Å². The minimum atomic E-state index is -2.89. The van der Waals surface area contributed by atoms with Crippen LogP contribution < -0.4 is 5.32 Å². The molecular weight excluding hydrogens is 308 g/mol. The van der Waals surface area contributed by atoms with Gasteiger partial charge < -0.3 is 10.3 Å². The topological polar surface area (TPSA) is 40.7 Å². The third kappa shape index (κ3) is 2.58. The number of nitrogens with zero attached hydrogens (tertiary/aromatic N) is 1. The van der Waals surface area contributed by atoms with Gasteiger partial charge in [-0.1, -0.05) is 18.2 Å². The monoisotopic (exact) mass is 323 g/mol. The number of hydrogen-bond acceptors (Lipinski definition) is 2. The molecule has 120 valence electrons. The van der Waals surface area contributed by atoms with Crippen molar-refractivity contribution in [3.63, 3.8) is 0 Å². The van der Waals surface area contributed by atoms with Gasteiger partial charge in [-0.05, 0) is 41.8 Å². The first-order valence-electron chi connectivity index (χ1n) is 7.63. The van der Waals surface area contributed by atoms with Crippen LogP contribution in [0.15, 0.2) is 60.8 Å². The van der Waals surface area contributed by atoms with Gasteiger partial charge in [0.25, 0.3) is 5.92 Å². The fourth-order valence-electron chi connectivity index (χ4n) is 2.88. The molecule has 0 unspecified atom stereocenters. The fraction of sp³-hybridized carbons (Fsp3) is 0.105. The van der Waals surface area contributed by atoms with Gasteiger partial charge in [0.2, 0.25) is 0 Å². The molecule has 0 fully saturated rings. The van der Waals surface area contributed by atoms with Gasteiger partial charge >= 0.3 is 0 Å². The van der Waals surface area contributed by atoms with Crippen LogP contribution in [0.3, 0.4) is 0 Å². The lowest BCUT2D eigenvalue weighted by Gasteiger charge is -2.14. The highest BCUT2D eigenvalue weighted by molar-refractivity contribution is 5.86. The van der Waals surface area contributed by atoms with Crippen molar-refractivity contribution < 1.29 is 8.78 Å². The number of alkyl halides is 2. The summed E-state index contributed by atoms with van der Waals surface area (Å²) in [6.07, 6.45) is 1.88. The molecule has 4 aromatic rings. The van der Waals surface area contributed by atoms with Gasteiger partial charge in [0, 0.05) is 35.3 Å². The van der Waals surface area contributed by atoms with Crippen molar-refractivity contribution in [2.45, 2.75) is 12.8 Å². The summed E-state index contributed by atoms with van der Waals surface area (Å²) in [6.45, 7) is 0.902. The molecule has 0 aliphatic carbocycles. The van der Waals surface area contributed by atoms with E-state index in [2.05, 4.69) is 15.3 Å². The summed E-state index contributed by atoms with van der Waals surface area (Å²) in [6, 6.07) is 16.1. The van der Waals surface area contributed by atoms with Gasteiger partial charge in [-0.2, -0.15) is 0 Å².